The van der Waals surface area contributed by atoms with E-state index in [4.69, 9.17) is 5.11 Å². The monoisotopic (exact) mass is 261 g/mol. The highest BCUT2D eigenvalue weighted by Crippen LogP contribution is 2.13. The van der Waals surface area contributed by atoms with E-state index in [9.17, 15) is 14.0 Å². The maximum Gasteiger partial charge on any atom is 0.356 e. The molecular formula is C12H8FN3O3. The van der Waals surface area contributed by atoms with E-state index in [0.29, 0.717) is 0 Å². The van der Waals surface area contributed by atoms with Crippen molar-refractivity contribution >= 4 is 17.6 Å². The number of aromatic nitrogens is 2. The van der Waals surface area contributed by atoms with Crippen LogP contribution in [0, 0.1) is 5.95 Å². The molecule has 0 aromatic carbocycles. The van der Waals surface area contributed by atoms with Crippen molar-refractivity contribution in [3.63, 3.8) is 0 Å². The SMILES string of the molecule is O=C(Nc1cccnc1C(=O)O)c1ccc(F)nc1. The van der Waals surface area contributed by atoms with Gasteiger partial charge in [-0.3, -0.25) is 4.79 Å². The molecule has 96 valence electrons. The minimum atomic E-state index is -1.26. The summed E-state index contributed by atoms with van der Waals surface area (Å²) in [6.07, 6.45) is 2.36. The van der Waals surface area contributed by atoms with Gasteiger partial charge in [0.2, 0.25) is 5.95 Å². The first-order chi connectivity index (χ1) is 9.08. The molecule has 0 fully saturated rings. The van der Waals surface area contributed by atoms with Crippen molar-refractivity contribution in [1.82, 2.24) is 9.97 Å². The molecule has 2 heterocycles. The minimum Gasteiger partial charge on any atom is -0.476 e. The molecule has 6 nitrogen and oxygen atoms in total. The van der Waals surface area contributed by atoms with E-state index >= 15 is 0 Å². The van der Waals surface area contributed by atoms with Crippen LogP contribution in [0.15, 0.2) is 36.7 Å². The van der Waals surface area contributed by atoms with E-state index in [2.05, 4.69) is 15.3 Å². The van der Waals surface area contributed by atoms with Crippen LogP contribution in [0.25, 0.3) is 0 Å². The highest BCUT2D eigenvalue weighted by atomic mass is 19.1. The van der Waals surface area contributed by atoms with Crippen molar-refractivity contribution in [3.8, 4) is 0 Å². The Morgan fingerprint density at radius 2 is 2.00 bits per heavy atom. The molecule has 0 saturated heterocycles. The Hall–Kier alpha value is -2.83. The Labute approximate surface area is 106 Å². The number of rotatable bonds is 3. The molecule has 2 aromatic heterocycles. The molecule has 1 amide bonds. The van der Waals surface area contributed by atoms with Crippen molar-refractivity contribution in [1.29, 1.82) is 0 Å². The number of anilines is 1. The van der Waals surface area contributed by atoms with E-state index < -0.39 is 17.8 Å². The van der Waals surface area contributed by atoms with Crippen LogP contribution in [-0.4, -0.2) is 27.0 Å². The normalized spacial score (nSPS) is 9.95. The maximum absolute atomic E-state index is 12.6. The second-order valence-corrected chi connectivity index (χ2v) is 3.53. The van der Waals surface area contributed by atoms with Crippen LogP contribution in [0.4, 0.5) is 10.1 Å². The first-order valence-corrected chi connectivity index (χ1v) is 5.19. The molecule has 2 N–H and O–H groups in total. The highest BCUT2D eigenvalue weighted by Gasteiger charge is 2.14. The van der Waals surface area contributed by atoms with Crippen molar-refractivity contribution < 1.29 is 19.1 Å². The second-order valence-electron chi connectivity index (χ2n) is 3.53. The van der Waals surface area contributed by atoms with Crippen molar-refractivity contribution in [2.24, 2.45) is 0 Å². The number of carboxylic acid groups (broad SMARTS) is 1. The summed E-state index contributed by atoms with van der Waals surface area (Å²) in [6, 6.07) is 5.18. The Morgan fingerprint density at radius 3 is 2.63 bits per heavy atom. The van der Waals surface area contributed by atoms with Gasteiger partial charge in [0, 0.05) is 12.4 Å². The largest absolute Gasteiger partial charge is 0.476 e. The summed E-state index contributed by atoms with van der Waals surface area (Å²) in [7, 11) is 0. The van der Waals surface area contributed by atoms with Crippen LogP contribution in [0.3, 0.4) is 0 Å². The van der Waals surface area contributed by atoms with Crippen LogP contribution in [0.1, 0.15) is 20.8 Å². The molecule has 7 heteroatoms. The number of nitrogens with zero attached hydrogens (tertiary/aromatic N) is 2. The summed E-state index contributed by atoms with van der Waals surface area (Å²) in [5.41, 5.74) is -0.100. The zero-order chi connectivity index (χ0) is 13.8. The van der Waals surface area contributed by atoms with E-state index in [-0.39, 0.29) is 16.9 Å². The molecule has 0 spiro atoms. The molecular weight excluding hydrogens is 253 g/mol. The molecule has 2 aromatic rings. The maximum atomic E-state index is 12.6. The third-order valence-corrected chi connectivity index (χ3v) is 2.25. The molecule has 0 bridgehead atoms. The number of halogens is 1. The van der Waals surface area contributed by atoms with Crippen LogP contribution in [-0.2, 0) is 0 Å². The van der Waals surface area contributed by atoms with Crippen LogP contribution >= 0.6 is 0 Å². The van der Waals surface area contributed by atoms with Gasteiger partial charge in [-0.05, 0) is 24.3 Å². The van der Waals surface area contributed by atoms with Gasteiger partial charge in [-0.15, -0.1) is 0 Å². The van der Waals surface area contributed by atoms with Gasteiger partial charge in [0.05, 0.1) is 11.3 Å². The molecule has 0 atom stereocenters. The fourth-order valence-electron chi connectivity index (χ4n) is 1.38. The Bertz CT molecular complexity index is 628. The lowest BCUT2D eigenvalue weighted by Crippen LogP contribution is -2.16. The van der Waals surface area contributed by atoms with Gasteiger partial charge in [0.15, 0.2) is 5.69 Å². The number of aromatic carboxylic acids is 1. The first kappa shape index (κ1) is 12.6. The highest BCUT2D eigenvalue weighted by molar-refractivity contribution is 6.06. The number of hydrogen-bond donors (Lipinski definition) is 2. The number of carbonyl (C=O) groups is 2. The predicted octanol–water partition coefficient (Wildman–Crippen LogP) is 1.57. The first-order valence-electron chi connectivity index (χ1n) is 5.19. The number of amides is 1. The van der Waals surface area contributed by atoms with E-state index in [1.54, 1.807) is 0 Å². The summed E-state index contributed by atoms with van der Waals surface area (Å²) >= 11 is 0. The second kappa shape index (κ2) is 5.21. The summed E-state index contributed by atoms with van der Waals surface area (Å²) < 4.78 is 12.6. The Morgan fingerprint density at radius 1 is 1.21 bits per heavy atom. The molecule has 19 heavy (non-hydrogen) atoms. The average Bonchev–Trinajstić information content (AvgIpc) is 2.39. The van der Waals surface area contributed by atoms with Gasteiger partial charge in [-0.1, -0.05) is 0 Å². The number of carboxylic acids is 1. The average molecular weight is 261 g/mol. The molecule has 0 aliphatic rings. The van der Waals surface area contributed by atoms with Gasteiger partial charge < -0.3 is 10.4 Å². The topological polar surface area (TPSA) is 92.2 Å². The Kier molecular flexibility index (Phi) is 3.46. The molecule has 0 radical (unpaired) electrons. The molecule has 0 unspecified atom stereocenters. The summed E-state index contributed by atoms with van der Waals surface area (Å²) in [6.45, 7) is 0. The lowest BCUT2D eigenvalue weighted by molar-refractivity contribution is 0.0691. The summed E-state index contributed by atoms with van der Waals surface area (Å²) in [5, 5.41) is 11.3. The number of carbonyl (C=O) groups excluding carboxylic acids is 1. The summed E-state index contributed by atoms with van der Waals surface area (Å²) in [5.74, 6) is -2.56. The number of hydrogen-bond acceptors (Lipinski definition) is 4. The van der Waals surface area contributed by atoms with Crippen molar-refractivity contribution in [2.75, 3.05) is 5.32 Å². The lowest BCUT2D eigenvalue weighted by Gasteiger charge is -2.07. The van der Waals surface area contributed by atoms with Crippen LogP contribution in [0.2, 0.25) is 0 Å². The van der Waals surface area contributed by atoms with E-state index in [1.807, 2.05) is 0 Å². The zero-order valence-corrected chi connectivity index (χ0v) is 9.50. The third-order valence-electron chi connectivity index (χ3n) is 2.25. The molecule has 2 rings (SSSR count). The quantitative estimate of drug-likeness (QED) is 0.818. The number of nitrogens with one attached hydrogen (secondary N) is 1. The van der Waals surface area contributed by atoms with Gasteiger partial charge in [0.25, 0.3) is 5.91 Å². The Balaban J connectivity index is 2.24. The standard InChI is InChI=1S/C12H8FN3O3/c13-9-4-3-7(6-15-9)11(17)16-8-2-1-5-14-10(8)12(18)19/h1-6H,(H,16,17)(H,18,19). The third kappa shape index (κ3) is 2.89. The number of pyridine rings is 2. The smallest absolute Gasteiger partial charge is 0.356 e. The lowest BCUT2D eigenvalue weighted by atomic mass is 10.2. The molecule has 0 saturated carbocycles. The van der Waals surface area contributed by atoms with Gasteiger partial charge in [-0.25, -0.2) is 14.8 Å². The fourth-order valence-corrected chi connectivity index (χ4v) is 1.38. The zero-order valence-electron chi connectivity index (χ0n) is 9.50. The predicted molar refractivity (Wildman–Crippen MR) is 63.3 cm³/mol. The molecule has 0 aliphatic carbocycles. The van der Waals surface area contributed by atoms with E-state index in [1.165, 1.54) is 24.4 Å². The van der Waals surface area contributed by atoms with E-state index in [0.717, 1.165) is 12.3 Å². The molecule has 0 aliphatic heterocycles. The van der Waals surface area contributed by atoms with Gasteiger partial charge >= 0.3 is 5.97 Å². The van der Waals surface area contributed by atoms with Gasteiger partial charge in [-0.2, -0.15) is 4.39 Å². The van der Waals surface area contributed by atoms with Crippen LogP contribution in [0.5, 0.6) is 0 Å². The van der Waals surface area contributed by atoms with Crippen molar-refractivity contribution in [3.05, 3.63) is 53.9 Å². The van der Waals surface area contributed by atoms with Crippen LogP contribution < -0.4 is 5.32 Å². The minimum absolute atomic E-state index is 0.0596. The summed E-state index contributed by atoms with van der Waals surface area (Å²) in [4.78, 5) is 29.7. The van der Waals surface area contributed by atoms with Crippen molar-refractivity contribution in [2.45, 2.75) is 0 Å². The van der Waals surface area contributed by atoms with Gasteiger partial charge in [0.1, 0.15) is 0 Å². The fraction of sp³-hybridized carbons (Fsp3) is 0.